The summed E-state index contributed by atoms with van der Waals surface area (Å²) in [5, 5.41) is 10.7. The number of nitrogens with zero attached hydrogens (tertiary/aromatic N) is 1. The number of nitrogens with one attached hydrogen (secondary N) is 3. The topological polar surface area (TPSA) is 100 Å². The number of thiazole rings is 1. The smallest absolute Gasteiger partial charge is 0.258 e. The summed E-state index contributed by atoms with van der Waals surface area (Å²) in [6, 6.07) is 7.57. The second-order valence-corrected chi connectivity index (χ2v) is 10.3. The number of aromatic nitrogens is 1. The molecule has 36 heavy (non-hydrogen) atoms. The lowest BCUT2D eigenvalue weighted by molar-refractivity contribution is 0.0927. The summed E-state index contributed by atoms with van der Waals surface area (Å²) in [5.41, 5.74) is 1.78. The molecular weight excluding hydrogens is 479 g/mol. The molecule has 1 saturated carbocycles. The van der Waals surface area contributed by atoms with E-state index in [1.165, 1.54) is 23.5 Å². The summed E-state index contributed by atoms with van der Waals surface area (Å²) in [7, 11) is 0. The molecule has 3 N–H and O–H groups in total. The molecule has 0 aliphatic heterocycles. The van der Waals surface area contributed by atoms with Crippen LogP contribution in [0.3, 0.4) is 0 Å². The first-order valence-electron chi connectivity index (χ1n) is 11.9. The largest absolute Gasteiger partial charge is 0.349 e. The van der Waals surface area contributed by atoms with Crippen molar-refractivity contribution in [1.82, 2.24) is 15.6 Å². The summed E-state index contributed by atoms with van der Waals surface area (Å²) in [5.74, 6) is -1.47. The van der Waals surface area contributed by atoms with E-state index >= 15 is 0 Å². The van der Waals surface area contributed by atoms with Crippen LogP contribution in [0.15, 0.2) is 41.9 Å². The van der Waals surface area contributed by atoms with Crippen molar-refractivity contribution in [2.75, 3.05) is 5.32 Å². The third-order valence-corrected chi connectivity index (χ3v) is 7.04. The van der Waals surface area contributed by atoms with E-state index in [9.17, 15) is 18.8 Å². The second kappa shape index (κ2) is 10.6. The van der Waals surface area contributed by atoms with Gasteiger partial charge in [0.1, 0.15) is 5.82 Å². The van der Waals surface area contributed by atoms with Gasteiger partial charge >= 0.3 is 0 Å². The van der Waals surface area contributed by atoms with Gasteiger partial charge in [0.15, 0.2) is 5.13 Å². The molecule has 1 aliphatic rings. The Bertz CT molecular complexity index is 1300. The van der Waals surface area contributed by atoms with Gasteiger partial charge < -0.3 is 10.6 Å². The Labute approximate surface area is 213 Å². The first kappa shape index (κ1) is 25.5. The van der Waals surface area contributed by atoms with Gasteiger partial charge in [0.2, 0.25) is 0 Å². The number of amides is 3. The van der Waals surface area contributed by atoms with Gasteiger partial charge in [-0.15, -0.1) is 11.3 Å². The van der Waals surface area contributed by atoms with Crippen LogP contribution in [0.25, 0.3) is 11.1 Å². The number of hydrogen-bond acceptors (Lipinski definition) is 5. The molecule has 7 nitrogen and oxygen atoms in total. The first-order chi connectivity index (χ1) is 17.1. The SMILES string of the molecule is Cc1c(F)cc(C(=O)NC2CC2)cc1-c1ccc(C(=O)NC(C)C(C)C)cc1C(=O)Nc1nccs1. The molecule has 1 aromatic heterocycles. The highest BCUT2D eigenvalue weighted by Gasteiger charge is 2.26. The fourth-order valence-corrected chi connectivity index (χ4v) is 4.12. The van der Waals surface area contributed by atoms with E-state index in [4.69, 9.17) is 0 Å². The van der Waals surface area contributed by atoms with Crippen molar-refractivity contribution in [3.05, 3.63) is 70.0 Å². The van der Waals surface area contributed by atoms with Crippen molar-refractivity contribution >= 4 is 34.2 Å². The van der Waals surface area contributed by atoms with Gasteiger partial charge in [-0.3, -0.25) is 19.7 Å². The lowest BCUT2D eigenvalue weighted by atomic mass is 9.91. The van der Waals surface area contributed by atoms with E-state index in [2.05, 4.69) is 20.9 Å². The molecular formula is C27H29FN4O3S. The van der Waals surface area contributed by atoms with Crippen LogP contribution in [0.4, 0.5) is 9.52 Å². The average molecular weight is 509 g/mol. The monoisotopic (exact) mass is 508 g/mol. The van der Waals surface area contributed by atoms with E-state index in [1.807, 2.05) is 20.8 Å². The summed E-state index contributed by atoms with van der Waals surface area (Å²) in [4.78, 5) is 43.0. The van der Waals surface area contributed by atoms with E-state index in [1.54, 1.807) is 36.7 Å². The molecule has 9 heteroatoms. The minimum atomic E-state index is -0.549. The van der Waals surface area contributed by atoms with Crippen LogP contribution < -0.4 is 16.0 Å². The highest BCUT2D eigenvalue weighted by Crippen LogP contribution is 2.32. The fraction of sp³-hybridized carbons (Fsp3) is 0.333. The Hall–Kier alpha value is -3.59. The molecule has 0 bridgehead atoms. The fourth-order valence-electron chi connectivity index (χ4n) is 3.60. The minimum Gasteiger partial charge on any atom is -0.349 e. The second-order valence-electron chi connectivity index (χ2n) is 9.44. The molecule has 0 saturated heterocycles. The van der Waals surface area contributed by atoms with E-state index in [0.29, 0.717) is 27.4 Å². The molecule has 2 aromatic carbocycles. The Balaban J connectivity index is 1.77. The lowest BCUT2D eigenvalue weighted by Gasteiger charge is -2.19. The number of anilines is 1. The van der Waals surface area contributed by atoms with E-state index < -0.39 is 11.7 Å². The maximum Gasteiger partial charge on any atom is 0.258 e. The van der Waals surface area contributed by atoms with Crippen LogP contribution >= 0.6 is 11.3 Å². The van der Waals surface area contributed by atoms with Gasteiger partial charge in [0, 0.05) is 40.4 Å². The summed E-state index contributed by atoms with van der Waals surface area (Å²) in [6.45, 7) is 7.52. The van der Waals surface area contributed by atoms with Crippen LogP contribution in [0.5, 0.6) is 0 Å². The van der Waals surface area contributed by atoms with Crippen molar-refractivity contribution in [2.24, 2.45) is 5.92 Å². The molecule has 3 amide bonds. The minimum absolute atomic E-state index is 0.0669. The number of rotatable bonds is 8. The predicted octanol–water partition coefficient (Wildman–Crippen LogP) is 5.18. The van der Waals surface area contributed by atoms with Crippen LogP contribution in [0.2, 0.25) is 0 Å². The van der Waals surface area contributed by atoms with Crippen molar-refractivity contribution in [3.63, 3.8) is 0 Å². The summed E-state index contributed by atoms with van der Waals surface area (Å²) < 4.78 is 15.0. The standard InChI is InChI=1S/C27H29FN4O3S/c1-14(2)16(4)30-24(33)17-5-8-20(22(11-17)26(35)32-27-29-9-10-36-27)21-12-18(13-23(28)15(21)3)25(34)31-19-6-7-19/h5,8-14,16,19H,6-7H2,1-4H3,(H,30,33)(H,31,34)(H,29,32,35). The van der Waals surface area contributed by atoms with Crippen molar-refractivity contribution in [1.29, 1.82) is 0 Å². The number of benzene rings is 2. The van der Waals surface area contributed by atoms with Gasteiger partial charge in [-0.2, -0.15) is 0 Å². The highest BCUT2D eigenvalue weighted by molar-refractivity contribution is 7.13. The zero-order valence-electron chi connectivity index (χ0n) is 20.6. The summed E-state index contributed by atoms with van der Waals surface area (Å²) in [6.07, 6.45) is 3.39. The van der Waals surface area contributed by atoms with Crippen LogP contribution in [-0.2, 0) is 0 Å². The molecule has 1 atom stereocenters. The maximum absolute atomic E-state index is 15.0. The van der Waals surface area contributed by atoms with Gasteiger partial charge in [-0.1, -0.05) is 19.9 Å². The van der Waals surface area contributed by atoms with Crippen molar-refractivity contribution in [3.8, 4) is 11.1 Å². The van der Waals surface area contributed by atoms with Gasteiger partial charge in [-0.25, -0.2) is 9.37 Å². The molecule has 4 rings (SSSR count). The lowest BCUT2D eigenvalue weighted by Crippen LogP contribution is -2.36. The molecule has 1 aliphatic carbocycles. The Morgan fingerprint density at radius 2 is 1.75 bits per heavy atom. The number of halogens is 1. The van der Waals surface area contributed by atoms with Crippen LogP contribution in [0.1, 0.15) is 70.3 Å². The van der Waals surface area contributed by atoms with E-state index in [0.717, 1.165) is 12.8 Å². The normalized spacial score (nSPS) is 13.8. The quantitative estimate of drug-likeness (QED) is 0.391. The van der Waals surface area contributed by atoms with Gasteiger partial charge in [0.25, 0.3) is 17.7 Å². The zero-order chi connectivity index (χ0) is 26.0. The first-order valence-corrected chi connectivity index (χ1v) is 12.8. The summed E-state index contributed by atoms with van der Waals surface area (Å²) >= 11 is 1.26. The highest BCUT2D eigenvalue weighted by atomic mass is 32.1. The third-order valence-electron chi connectivity index (χ3n) is 6.35. The molecule has 3 aromatic rings. The third kappa shape index (κ3) is 5.79. The van der Waals surface area contributed by atoms with Gasteiger partial charge in [0.05, 0.1) is 0 Å². The molecule has 1 unspecified atom stereocenters. The maximum atomic E-state index is 15.0. The molecule has 0 radical (unpaired) electrons. The molecule has 1 heterocycles. The number of carbonyl (C=O) groups is 3. The van der Waals surface area contributed by atoms with Crippen molar-refractivity contribution < 1.29 is 18.8 Å². The Morgan fingerprint density at radius 3 is 2.39 bits per heavy atom. The van der Waals surface area contributed by atoms with Crippen molar-refractivity contribution in [2.45, 2.75) is 52.6 Å². The molecule has 1 fully saturated rings. The number of hydrogen-bond donors (Lipinski definition) is 3. The number of carbonyl (C=O) groups excluding carboxylic acids is 3. The van der Waals surface area contributed by atoms with Crippen LogP contribution in [-0.4, -0.2) is 34.8 Å². The average Bonchev–Trinajstić information content (AvgIpc) is 3.51. The zero-order valence-corrected chi connectivity index (χ0v) is 21.5. The predicted molar refractivity (Wildman–Crippen MR) is 139 cm³/mol. The molecule has 0 spiro atoms. The van der Waals surface area contributed by atoms with E-state index in [-0.39, 0.29) is 40.9 Å². The Morgan fingerprint density at radius 1 is 1.00 bits per heavy atom. The van der Waals surface area contributed by atoms with Gasteiger partial charge in [-0.05, 0) is 73.6 Å². The van der Waals surface area contributed by atoms with Crippen LogP contribution in [0, 0.1) is 18.7 Å². The molecule has 188 valence electrons. The Kier molecular flexibility index (Phi) is 7.49.